The molecular formula is C12H18N2O2S. The van der Waals surface area contributed by atoms with E-state index in [4.69, 9.17) is 5.73 Å². The first-order valence-corrected chi connectivity index (χ1v) is 7.39. The van der Waals surface area contributed by atoms with Crippen LogP contribution in [0.5, 0.6) is 0 Å². The molecule has 0 bridgehead atoms. The molecule has 0 saturated heterocycles. The lowest BCUT2D eigenvalue weighted by atomic mass is 10.2. The molecule has 3 N–H and O–H groups in total. The summed E-state index contributed by atoms with van der Waals surface area (Å²) in [6.07, 6.45) is 3.05. The van der Waals surface area contributed by atoms with Gasteiger partial charge in [-0.15, -0.1) is 0 Å². The SMILES string of the molecule is NCCc1ccc(S(=O)(=O)NCC2CC2)cc1. The Hall–Kier alpha value is -0.910. The van der Waals surface area contributed by atoms with Gasteiger partial charge in [0, 0.05) is 6.54 Å². The van der Waals surface area contributed by atoms with E-state index in [9.17, 15) is 8.42 Å². The molecule has 0 amide bonds. The molecule has 1 aliphatic rings. The van der Waals surface area contributed by atoms with Gasteiger partial charge in [0.15, 0.2) is 0 Å². The van der Waals surface area contributed by atoms with Crippen molar-refractivity contribution in [3.63, 3.8) is 0 Å². The smallest absolute Gasteiger partial charge is 0.240 e. The molecule has 0 atom stereocenters. The van der Waals surface area contributed by atoms with Crippen molar-refractivity contribution in [3.8, 4) is 0 Å². The second-order valence-corrected chi connectivity index (χ2v) is 6.24. The number of rotatable bonds is 6. The molecule has 2 rings (SSSR count). The summed E-state index contributed by atoms with van der Waals surface area (Å²) in [7, 11) is -3.33. The van der Waals surface area contributed by atoms with Gasteiger partial charge in [-0.1, -0.05) is 12.1 Å². The van der Waals surface area contributed by atoms with Crippen LogP contribution >= 0.6 is 0 Å². The van der Waals surface area contributed by atoms with Crippen molar-refractivity contribution in [2.45, 2.75) is 24.2 Å². The van der Waals surface area contributed by atoms with Crippen molar-refractivity contribution < 1.29 is 8.42 Å². The van der Waals surface area contributed by atoms with E-state index in [2.05, 4.69) is 4.72 Å². The van der Waals surface area contributed by atoms with Gasteiger partial charge < -0.3 is 5.73 Å². The second kappa shape index (κ2) is 5.16. The summed E-state index contributed by atoms with van der Waals surface area (Å²) in [5.74, 6) is 0.543. The van der Waals surface area contributed by atoms with Crippen LogP contribution < -0.4 is 10.5 Å². The first-order chi connectivity index (χ1) is 8.12. The standard InChI is InChI=1S/C12H18N2O2S/c13-8-7-10-3-5-12(6-4-10)17(15,16)14-9-11-1-2-11/h3-6,11,14H,1-2,7-9,13H2. The van der Waals surface area contributed by atoms with Gasteiger partial charge in [-0.3, -0.25) is 0 Å². The number of sulfonamides is 1. The van der Waals surface area contributed by atoms with Crippen LogP contribution in [-0.4, -0.2) is 21.5 Å². The molecular weight excluding hydrogens is 236 g/mol. The summed E-state index contributed by atoms with van der Waals surface area (Å²) >= 11 is 0. The summed E-state index contributed by atoms with van der Waals surface area (Å²) in [4.78, 5) is 0.332. The van der Waals surface area contributed by atoms with Gasteiger partial charge in [-0.25, -0.2) is 13.1 Å². The molecule has 4 nitrogen and oxygen atoms in total. The summed E-state index contributed by atoms with van der Waals surface area (Å²) in [6.45, 7) is 1.14. The van der Waals surface area contributed by atoms with E-state index in [1.807, 2.05) is 12.1 Å². The molecule has 1 fully saturated rings. The van der Waals surface area contributed by atoms with E-state index in [1.165, 1.54) is 0 Å². The predicted octanol–water partition coefficient (Wildman–Crippen LogP) is 0.876. The van der Waals surface area contributed by atoms with E-state index in [0.717, 1.165) is 24.8 Å². The molecule has 0 heterocycles. The summed E-state index contributed by atoms with van der Waals surface area (Å²) in [6, 6.07) is 6.91. The van der Waals surface area contributed by atoms with Crippen LogP contribution in [0.2, 0.25) is 0 Å². The molecule has 0 unspecified atom stereocenters. The minimum atomic E-state index is -3.33. The zero-order valence-corrected chi connectivity index (χ0v) is 10.5. The van der Waals surface area contributed by atoms with Crippen LogP contribution in [0.3, 0.4) is 0 Å². The quantitative estimate of drug-likeness (QED) is 0.791. The Morgan fingerprint density at radius 1 is 1.24 bits per heavy atom. The Labute approximate surface area is 102 Å². The maximum Gasteiger partial charge on any atom is 0.240 e. The zero-order valence-electron chi connectivity index (χ0n) is 9.72. The van der Waals surface area contributed by atoms with Crippen LogP contribution in [0.1, 0.15) is 18.4 Å². The average Bonchev–Trinajstić information content (AvgIpc) is 3.12. The molecule has 0 spiro atoms. The zero-order chi connectivity index (χ0) is 12.3. The van der Waals surface area contributed by atoms with Gasteiger partial charge in [-0.2, -0.15) is 0 Å². The molecule has 5 heteroatoms. The highest BCUT2D eigenvalue weighted by atomic mass is 32.2. The third-order valence-corrected chi connectivity index (χ3v) is 4.37. The lowest BCUT2D eigenvalue weighted by Crippen LogP contribution is -2.25. The highest BCUT2D eigenvalue weighted by Gasteiger charge is 2.24. The molecule has 1 aliphatic carbocycles. The maximum atomic E-state index is 11.9. The van der Waals surface area contributed by atoms with E-state index >= 15 is 0 Å². The number of nitrogens with two attached hydrogens (primary N) is 1. The molecule has 1 aromatic carbocycles. The predicted molar refractivity (Wildman–Crippen MR) is 67.1 cm³/mol. The van der Waals surface area contributed by atoms with Gasteiger partial charge in [0.05, 0.1) is 4.90 Å². The minimum Gasteiger partial charge on any atom is -0.330 e. The Bertz CT molecular complexity index is 464. The monoisotopic (exact) mass is 254 g/mol. The lowest BCUT2D eigenvalue weighted by molar-refractivity contribution is 0.577. The number of nitrogens with one attached hydrogen (secondary N) is 1. The molecule has 0 radical (unpaired) electrons. The van der Waals surface area contributed by atoms with E-state index < -0.39 is 10.0 Å². The first-order valence-electron chi connectivity index (χ1n) is 5.90. The van der Waals surface area contributed by atoms with Crippen molar-refractivity contribution in [1.82, 2.24) is 4.72 Å². The van der Waals surface area contributed by atoms with Crippen LogP contribution in [0.25, 0.3) is 0 Å². The maximum absolute atomic E-state index is 11.9. The summed E-state index contributed by atoms with van der Waals surface area (Å²) < 4.78 is 26.4. The molecule has 1 saturated carbocycles. The van der Waals surface area contributed by atoms with Gasteiger partial charge in [0.1, 0.15) is 0 Å². The number of benzene rings is 1. The van der Waals surface area contributed by atoms with Crippen molar-refractivity contribution in [1.29, 1.82) is 0 Å². The van der Waals surface area contributed by atoms with E-state index in [1.54, 1.807) is 12.1 Å². The van der Waals surface area contributed by atoms with E-state index in [0.29, 0.717) is 23.9 Å². The number of hydrogen-bond donors (Lipinski definition) is 2. The van der Waals surface area contributed by atoms with E-state index in [-0.39, 0.29) is 0 Å². The summed E-state index contributed by atoms with van der Waals surface area (Å²) in [5, 5.41) is 0. The minimum absolute atomic E-state index is 0.332. The van der Waals surface area contributed by atoms with Crippen LogP contribution in [0.15, 0.2) is 29.2 Å². The highest BCUT2D eigenvalue weighted by Crippen LogP contribution is 2.28. The van der Waals surface area contributed by atoms with Crippen molar-refractivity contribution in [3.05, 3.63) is 29.8 Å². The third-order valence-electron chi connectivity index (χ3n) is 2.93. The fourth-order valence-electron chi connectivity index (χ4n) is 1.63. The van der Waals surface area contributed by atoms with Crippen LogP contribution in [-0.2, 0) is 16.4 Å². The molecule has 0 aromatic heterocycles. The Morgan fingerprint density at radius 3 is 2.41 bits per heavy atom. The highest BCUT2D eigenvalue weighted by molar-refractivity contribution is 7.89. The third kappa shape index (κ3) is 3.52. The van der Waals surface area contributed by atoms with Crippen LogP contribution in [0, 0.1) is 5.92 Å². The topological polar surface area (TPSA) is 72.2 Å². The number of hydrogen-bond acceptors (Lipinski definition) is 3. The fourth-order valence-corrected chi connectivity index (χ4v) is 2.75. The first kappa shape index (κ1) is 12.5. The Kier molecular flexibility index (Phi) is 3.81. The fraction of sp³-hybridized carbons (Fsp3) is 0.500. The molecule has 94 valence electrons. The average molecular weight is 254 g/mol. The lowest BCUT2D eigenvalue weighted by Gasteiger charge is -2.06. The van der Waals surface area contributed by atoms with Crippen molar-refractivity contribution in [2.24, 2.45) is 11.7 Å². The van der Waals surface area contributed by atoms with Gasteiger partial charge in [0.25, 0.3) is 0 Å². The molecule has 17 heavy (non-hydrogen) atoms. The van der Waals surface area contributed by atoms with Gasteiger partial charge in [-0.05, 0) is 49.4 Å². The molecule has 0 aliphatic heterocycles. The van der Waals surface area contributed by atoms with Crippen molar-refractivity contribution >= 4 is 10.0 Å². The summed E-state index contributed by atoms with van der Waals surface area (Å²) in [5.41, 5.74) is 6.51. The van der Waals surface area contributed by atoms with Crippen molar-refractivity contribution in [2.75, 3.05) is 13.1 Å². The largest absolute Gasteiger partial charge is 0.330 e. The van der Waals surface area contributed by atoms with Gasteiger partial charge >= 0.3 is 0 Å². The van der Waals surface area contributed by atoms with Gasteiger partial charge in [0.2, 0.25) is 10.0 Å². The Balaban J connectivity index is 2.03. The van der Waals surface area contributed by atoms with Crippen LogP contribution in [0.4, 0.5) is 0 Å². The Morgan fingerprint density at radius 2 is 1.88 bits per heavy atom. The molecule has 1 aromatic rings. The normalized spacial score (nSPS) is 16.1. The second-order valence-electron chi connectivity index (χ2n) is 4.48.